The number of benzene rings is 7. The van der Waals surface area contributed by atoms with E-state index >= 15 is 0 Å². The van der Waals surface area contributed by atoms with Crippen LogP contribution in [0.3, 0.4) is 0 Å². The Kier molecular flexibility index (Phi) is 6.64. The van der Waals surface area contributed by atoms with Gasteiger partial charge in [-0.15, -0.1) is 11.3 Å². The zero-order chi connectivity index (χ0) is 33.0. The van der Waals surface area contributed by atoms with Gasteiger partial charge in [0.05, 0.1) is 11.0 Å². The van der Waals surface area contributed by atoms with Gasteiger partial charge in [0.25, 0.3) is 0 Å². The van der Waals surface area contributed by atoms with Crippen LogP contribution < -0.4 is 0 Å². The third kappa shape index (κ3) is 4.79. The van der Waals surface area contributed by atoms with Gasteiger partial charge in [-0.3, -0.25) is 0 Å². The summed E-state index contributed by atoms with van der Waals surface area (Å²) in [6, 6.07) is 59.8. The summed E-state index contributed by atoms with van der Waals surface area (Å²) >= 11 is 1.86. The van der Waals surface area contributed by atoms with Crippen LogP contribution in [0.15, 0.2) is 170 Å². The van der Waals surface area contributed by atoms with Gasteiger partial charge >= 0.3 is 0 Å². The van der Waals surface area contributed by atoms with Crippen molar-refractivity contribution in [2.24, 2.45) is 0 Å². The fraction of sp³-hybridized carbons (Fsp3) is 0. The molecule has 7 aromatic carbocycles. The first-order valence-corrected chi connectivity index (χ1v) is 17.5. The minimum Gasteiger partial charge on any atom is -0.309 e. The highest BCUT2D eigenvalue weighted by Crippen LogP contribution is 2.39. The summed E-state index contributed by atoms with van der Waals surface area (Å²) in [6.45, 7) is 0. The first-order valence-electron chi connectivity index (χ1n) is 16.7. The smallest absolute Gasteiger partial charge is 0.164 e. The van der Waals surface area contributed by atoms with Crippen LogP contribution in [0.25, 0.3) is 93.0 Å². The van der Waals surface area contributed by atoms with E-state index in [-0.39, 0.29) is 0 Å². The van der Waals surface area contributed by atoms with Gasteiger partial charge in [-0.05, 0) is 65.7 Å². The minimum atomic E-state index is 0.645. The predicted molar refractivity (Wildman–Crippen MR) is 209 cm³/mol. The Bertz CT molecular complexity index is 2800. The van der Waals surface area contributed by atoms with Crippen LogP contribution in [0.5, 0.6) is 0 Å². The van der Waals surface area contributed by atoms with Gasteiger partial charge in [-0.1, -0.05) is 115 Å². The van der Waals surface area contributed by atoms with Crippen molar-refractivity contribution in [1.29, 1.82) is 0 Å². The highest BCUT2D eigenvalue weighted by Gasteiger charge is 2.16. The predicted octanol–water partition coefficient (Wildman–Crippen LogP) is 12.0. The number of hydrogen-bond acceptors (Lipinski definition) is 4. The summed E-state index contributed by atoms with van der Waals surface area (Å²) in [5, 5.41) is 5.11. The van der Waals surface area contributed by atoms with Crippen molar-refractivity contribution >= 4 is 53.3 Å². The van der Waals surface area contributed by atoms with E-state index in [0.717, 1.165) is 22.4 Å². The molecule has 0 fully saturated rings. The third-order valence-electron chi connectivity index (χ3n) is 9.47. The topological polar surface area (TPSA) is 43.6 Å². The van der Waals surface area contributed by atoms with Crippen molar-refractivity contribution in [3.8, 4) is 51.0 Å². The molecule has 0 spiro atoms. The Morgan fingerprint density at radius 3 is 1.54 bits per heavy atom. The van der Waals surface area contributed by atoms with Crippen LogP contribution in [0.1, 0.15) is 0 Å². The average molecular weight is 657 g/mol. The largest absolute Gasteiger partial charge is 0.309 e. The van der Waals surface area contributed by atoms with E-state index in [2.05, 4.69) is 114 Å². The van der Waals surface area contributed by atoms with E-state index in [0.29, 0.717) is 17.5 Å². The Hall–Kier alpha value is -6.43. The standard InChI is InChI=1S/C45H28N4S/c1-3-11-29(12-4-1)43-46-44(30-13-5-2-6-14-30)48-45(47-43)31-19-23-34(24-20-31)49-39-17-9-7-15-35(39)38-27-32(22-26-40(38)49)33-21-25-37-36-16-8-10-18-41(36)50-42(37)28-33/h1-28H. The Morgan fingerprint density at radius 1 is 0.340 bits per heavy atom. The van der Waals surface area contributed by atoms with Crippen molar-refractivity contribution in [2.45, 2.75) is 0 Å². The number of hydrogen-bond donors (Lipinski definition) is 0. The molecule has 4 nitrogen and oxygen atoms in total. The molecule has 3 aromatic heterocycles. The van der Waals surface area contributed by atoms with Crippen LogP contribution in [0, 0.1) is 0 Å². The van der Waals surface area contributed by atoms with Gasteiger partial charge in [0.1, 0.15) is 0 Å². The van der Waals surface area contributed by atoms with Crippen molar-refractivity contribution in [3.63, 3.8) is 0 Å². The second kappa shape index (κ2) is 11.6. The Morgan fingerprint density at radius 2 is 0.840 bits per heavy atom. The summed E-state index contributed by atoms with van der Waals surface area (Å²) in [4.78, 5) is 14.7. The molecule has 5 heteroatoms. The van der Waals surface area contributed by atoms with Crippen LogP contribution in [0.4, 0.5) is 0 Å². The molecule has 0 N–H and O–H groups in total. The monoisotopic (exact) mass is 656 g/mol. The molecule has 3 heterocycles. The second-order valence-electron chi connectivity index (χ2n) is 12.5. The Balaban J connectivity index is 1.07. The molecule has 0 amide bonds. The quantitative estimate of drug-likeness (QED) is 0.185. The summed E-state index contributed by atoms with van der Waals surface area (Å²) in [5.74, 6) is 1.96. The van der Waals surface area contributed by atoms with E-state index in [1.165, 1.54) is 53.1 Å². The molecular formula is C45H28N4S. The molecule has 10 rings (SSSR count). The number of nitrogens with zero attached hydrogens (tertiary/aromatic N) is 4. The van der Waals surface area contributed by atoms with Gasteiger partial charge < -0.3 is 4.57 Å². The van der Waals surface area contributed by atoms with E-state index in [4.69, 9.17) is 15.0 Å². The van der Waals surface area contributed by atoms with Crippen molar-refractivity contribution in [3.05, 3.63) is 170 Å². The van der Waals surface area contributed by atoms with Crippen LogP contribution in [-0.2, 0) is 0 Å². The molecule has 0 saturated heterocycles. The fourth-order valence-electron chi connectivity index (χ4n) is 7.03. The molecule has 50 heavy (non-hydrogen) atoms. The maximum absolute atomic E-state index is 4.93. The lowest BCUT2D eigenvalue weighted by molar-refractivity contribution is 1.07. The van der Waals surface area contributed by atoms with E-state index in [1.54, 1.807) is 0 Å². The van der Waals surface area contributed by atoms with E-state index < -0.39 is 0 Å². The van der Waals surface area contributed by atoms with Crippen LogP contribution in [-0.4, -0.2) is 19.5 Å². The molecule has 0 aliphatic carbocycles. The van der Waals surface area contributed by atoms with E-state index in [1.807, 2.05) is 72.0 Å². The summed E-state index contributed by atoms with van der Waals surface area (Å²) in [7, 11) is 0. The number of para-hydroxylation sites is 1. The molecule has 234 valence electrons. The van der Waals surface area contributed by atoms with Crippen molar-refractivity contribution in [2.75, 3.05) is 0 Å². The maximum atomic E-state index is 4.93. The summed E-state index contributed by atoms with van der Waals surface area (Å²) in [5.41, 5.74) is 8.72. The zero-order valence-corrected chi connectivity index (χ0v) is 27.7. The lowest BCUT2D eigenvalue weighted by Gasteiger charge is -2.11. The normalized spacial score (nSPS) is 11.6. The Labute approximate surface area is 292 Å². The summed E-state index contributed by atoms with van der Waals surface area (Å²) < 4.78 is 5.00. The van der Waals surface area contributed by atoms with Gasteiger partial charge in [-0.25, -0.2) is 15.0 Å². The second-order valence-corrected chi connectivity index (χ2v) is 13.6. The minimum absolute atomic E-state index is 0.645. The fourth-order valence-corrected chi connectivity index (χ4v) is 8.18. The van der Waals surface area contributed by atoms with Gasteiger partial charge in [-0.2, -0.15) is 0 Å². The van der Waals surface area contributed by atoms with E-state index in [9.17, 15) is 0 Å². The first kappa shape index (κ1) is 28.6. The number of fused-ring (bicyclic) bond motifs is 6. The molecule has 0 aliphatic heterocycles. The molecule has 0 radical (unpaired) electrons. The van der Waals surface area contributed by atoms with Crippen molar-refractivity contribution in [1.82, 2.24) is 19.5 Å². The first-order chi connectivity index (χ1) is 24.8. The highest BCUT2D eigenvalue weighted by molar-refractivity contribution is 7.25. The summed E-state index contributed by atoms with van der Waals surface area (Å²) in [6.07, 6.45) is 0. The van der Waals surface area contributed by atoms with Crippen molar-refractivity contribution < 1.29 is 0 Å². The van der Waals surface area contributed by atoms with Crippen LogP contribution >= 0.6 is 11.3 Å². The third-order valence-corrected chi connectivity index (χ3v) is 10.6. The average Bonchev–Trinajstić information content (AvgIpc) is 3.73. The molecular weight excluding hydrogens is 629 g/mol. The molecule has 0 bridgehead atoms. The number of thiophene rings is 1. The lowest BCUT2D eigenvalue weighted by Crippen LogP contribution is -2.00. The SMILES string of the molecule is c1ccc(-c2nc(-c3ccccc3)nc(-c3ccc(-n4c5ccccc5c5cc(-c6ccc7c(c6)sc6ccccc67)ccc54)cc3)n2)cc1. The lowest BCUT2D eigenvalue weighted by atomic mass is 10.0. The number of aromatic nitrogens is 4. The molecule has 0 unspecified atom stereocenters. The molecule has 0 aliphatic rings. The number of rotatable bonds is 5. The maximum Gasteiger partial charge on any atom is 0.164 e. The molecule has 10 aromatic rings. The van der Waals surface area contributed by atoms with Crippen LogP contribution in [0.2, 0.25) is 0 Å². The highest BCUT2D eigenvalue weighted by atomic mass is 32.1. The van der Waals surface area contributed by atoms with Gasteiger partial charge in [0.15, 0.2) is 17.5 Å². The zero-order valence-electron chi connectivity index (χ0n) is 26.9. The van der Waals surface area contributed by atoms with Gasteiger partial charge in [0.2, 0.25) is 0 Å². The van der Waals surface area contributed by atoms with Gasteiger partial charge in [0, 0.05) is 53.3 Å². The molecule has 0 saturated carbocycles. The molecule has 0 atom stereocenters.